The molecule has 0 bridgehead atoms. The maximum Gasteiger partial charge on any atom is 0.217 e. The highest BCUT2D eigenvalue weighted by Crippen LogP contribution is 2.50. The number of carbonyl (C=O) groups excluding carboxylic acids is 1. The van der Waals surface area contributed by atoms with Gasteiger partial charge in [-0.3, -0.25) is 9.59 Å². The SMILES string of the molecule is COc1cc2c(c(OC)c1OC)-c1ccc(NCCc3c[nH]c4ccccc34)c(=O)cc1[C@@H](NC(C)=O)CC2. The van der Waals surface area contributed by atoms with Crippen molar-refractivity contribution < 1.29 is 19.0 Å². The van der Waals surface area contributed by atoms with Crippen molar-refractivity contribution in [1.29, 1.82) is 0 Å². The number of amides is 1. The molecule has 1 aliphatic rings. The highest BCUT2D eigenvalue weighted by atomic mass is 16.5. The van der Waals surface area contributed by atoms with E-state index in [9.17, 15) is 9.59 Å². The van der Waals surface area contributed by atoms with Crippen LogP contribution in [0.5, 0.6) is 17.2 Å². The lowest BCUT2D eigenvalue weighted by Gasteiger charge is -2.19. The average Bonchev–Trinajstić information content (AvgIpc) is 3.20. The van der Waals surface area contributed by atoms with E-state index in [1.807, 2.05) is 36.5 Å². The first kappa shape index (κ1) is 26.2. The first-order valence-corrected chi connectivity index (χ1v) is 13.0. The summed E-state index contributed by atoms with van der Waals surface area (Å²) in [6.07, 6.45) is 4.04. The maximum absolute atomic E-state index is 13.5. The Morgan fingerprint density at radius 1 is 1.03 bits per heavy atom. The molecule has 0 aliphatic heterocycles. The summed E-state index contributed by atoms with van der Waals surface area (Å²) in [7, 11) is 4.75. The Morgan fingerprint density at radius 2 is 1.82 bits per heavy atom. The largest absolute Gasteiger partial charge is 0.493 e. The molecule has 1 aromatic heterocycles. The topological polar surface area (TPSA) is 102 Å². The zero-order valence-corrected chi connectivity index (χ0v) is 22.6. The molecule has 1 aliphatic carbocycles. The van der Waals surface area contributed by atoms with Gasteiger partial charge in [-0.05, 0) is 65.8 Å². The first-order chi connectivity index (χ1) is 18.9. The van der Waals surface area contributed by atoms with Crippen molar-refractivity contribution in [3.8, 4) is 28.4 Å². The summed E-state index contributed by atoms with van der Waals surface area (Å²) in [5, 5.41) is 7.55. The summed E-state index contributed by atoms with van der Waals surface area (Å²) >= 11 is 0. The third-order valence-electron chi connectivity index (χ3n) is 7.30. The zero-order chi connectivity index (χ0) is 27.5. The lowest BCUT2D eigenvalue weighted by atomic mass is 9.95. The first-order valence-electron chi connectivity index (χ1n) is 13.0. The minimum absolute atomic E-state index is 0.145. The molecule has 0 saturated carbocycles. The third-order valence-corrected chi connectivity index (χ3v) is 7.30. The number of methoxy groups -OCH3 is 3. The fraction of sp³-hybridized carbons (Fsp3) is 0.290. The van der Waals surface area contributed by atoms with Gasteiger partial charge in [-0.1, -0.05) is 24.3 Å². The number of rotatable bonds is 8. The number of benzene rings is 2. The number of aryl methyl sites for hydroxylation is 1. The fourth-order valence-electron chi connectivity index (χ4n) is 5.52. The van der Waals surface area contributed by atoms with Crippen LogP contribution >= 0.6 is 0 Å². The summed E-state index contributed by atoms with van der Waals surface area (Å²) in [5.41, 5.74) is 6.00. The number of aromatic amines is 1. The third kappa shape index (κ3) is 5.02. The van der Waals surface area contributed by atoms with Gasteiger partial charge in [0, 0.05) is 36.1 Å². The lowest BCUT2D eigenvalue weighted by molar-refractivity contribution is -0.119. The number of hydrogen-bond donors (Lipinski definition) is 3. The minimum Gasteiger partial charge on any atom is -0.493 e. The van der Waals surface area contributed by atoms with E-state index in [0.29, 0.717) is 42.3 Å². The summed E-state index contributed by atoms with van der Waals surface area (Å²) in [6, 6.07) is 15.2. The Morgan fingerprint density at radius 3 is 2.56 bits per heavy atom. The molecule has 3 aromatic carbocycles. The van der Waals surface area contributed by atoms with Gasteiger partial charge in [0.1, 0.15) is 0 Å². The molecule has 4 aromatic rings. The lowest BCUT2D eigenvalue weighted by Crippen LogP contribution is -2.26. The van der Waals surface area contributed by atoms with Gasteiger partial charge < -0.3 is 29.8 Å². The van der Waals surface area contributed by atoms with E-state index in [4.69, 9.17) is 14.2 Å². The predicted octanol–water partition coefficient (Wildman–Crippen LogP) is 5.00. The molecule has 5 rings (SSSR count). The molecule has 39 heavy (non-hydrogen) atoms. The number of para-hydroxylation sites is 1. The van der Waals surface area contributed by atoms with Crippen LogP contribution in [-0.4, -0.2) is 38.8 Å². The summed E-state index contributed by atoms with van der Waals surface area (Å²) < 4.78 is 17.1. The number of nitrogens with one attached hydrogen (secondary N) is 3. The average molecular weight is 528 g/mol. The van der Waals surface area contributed by atoms with Gasteiger partial charge >= 0.3 is 0 Å². The molecule has 202 valence electrons. The van der Waals surface area contributed by atoms with Gasteiger partial charge in [-0.15, -0.1) is 0 Å². The van der Waals surface area contributed by atoms with Crippen molar-refractivity contribution >= 4 is 22.5 Å². The quantitative estimate of drug-likeness (QED) is 0.298. The van der Waals surface area contributed by atoms with Crippen LogP contribution < -0.4 is 30.3 Å². The van der Waals surface area contributed by atoms with Gasteiger partial charge in [-0.25, -0.2) is 0 Å². The Balaban J connectivity index is 1.57. The Labute approximate surface area is 227 Å². The number of ether oxygens (including phenoxy) is 3. The molecule has 0 radical (unpaired) electrons. The van der Waals surface area contributed by atoms with E-state index < -0.39 is 0 Å². The van der Waals surface area contributed by atoms with E-state index in [1.165, 1.54) is 17.9 Å². The molecule has 8 heteroatoms. The van der Waals surface area contributed by atoms with Crippen LogP contribution in [0, 0.1) is 0 Å². The van der Waals surface area contributed by atoms with E-state index in [1.54, 1.807) is 27.4 Å². The van der Waals surface area contributed by atoms with Gasteiger partial charge in [0.25, 0.3) is 0 Å². The van der Waals surface area contributed by atoms with Crippen LogP contribution in [0.15, 0.2) is 59.5 Å². The summed E-state index contributed by atoms with van der Waals surface area (Å²) in [6.45, 7) is 2.08. The number of anilines is 1. The summed E-state index contributed by atoms with van der Waals surface area (Å²) in [5.74, 6) is 1.42. The Kier molecular flexibility index (Phi) is 7.45. The maximum atomic E-state index is 13.5. The number of H-pyrrole nitrogens is 1. The highest BCUT2D eigenvalue weighted by molar-refractivity contribution is 5.84. The number of aromatic nitrogens is 1. The number of hydrogen-bond acceptors (Lipinski definition) is 6. The molecular weight excluding hydrogens is 494 g/mol. The van der Waals surface area contributed by atoms with Crippen LogP contribution in [0.1, 0.15) is 36.1 Å². The molecular formula is C31H33N3O5. The fourth-order valence-corrected chi connectivity index (χ4v) is 5.52. The molecule has 0 spiro atoms. The highest BCUT2D eigenvalue weighted by Gasteiger charge is 2.29. The second-order valence-electron chi connectivity index (χ2n) is 9.63. The normalized spacial score (nSPS) is 14.1. The van der Waals surface area contributed by atoms with Crippen LogP contribution in [0.25, 0.3) is 22.0 Å². The predicted molar refractivity (Wildman–Crippen MR) is 153 cm³/mol. The van der Waals surface area contributed by atoms with E-state index >= 15 is 0 Å². The summed E-state index contributed by atoms with van der Waals surface area (Å²) in [4.78, 5) is 28.9. The van der Waals surface area contributed by atoms with Gasteiger partial charge in [-0.2, -0.15) is 0 Å². The van der Waals surface area contributed by atoms with Crippen molar-refractivity contribution in [2.75, 3.05) is 33.2 Å². The van der Waals surface area contributed by atoms with E-state index in [-0.39, 0.29) is 17.4 Å². The van der Waals surface area contributed by atoms with Crippen molar-refractivity contribution in [2.24, 2.45) is 0 Å². The molecule has 1 heterocycles. The van der Waals surface area contributed by atoms with Crippen molar-refractivity contribution in [3.63, 3.8) is 0 Å². The molecule has 1 amide bonds. The van der Waals surface area contributed by atoms with E-state index in [0.717, 1.165) is 34.2 Å². The Hall–Kier alpha value is -4.46. The molecule has 0 fully saturated rings. The number of carbonyl (C=O) groups is 1. The van der Waals surface area contributed by atoms with E-state index in [2.05, 4.69) is 27.8 Å². The van der Waals surface area contributed by atoms with Gasteiger partial charge in [0.2, 0.25) is 17.1 Å². The monoisotopic (exact) mass is 527 g/mol. The second kappa shape index (κ2) is 11.1. The van der Waals surface area contributed by atoms with Crippen molar-refractivity contribution in [1.82, 2.24) is 10.3 Å². The standard InChI is InChI=1S/C31H33N3O5/c1-18(35)34-25-11-9-19-15-28(37-2)30(38-3)31(39-4)29(19)22-10-12-26(27(36)16-23(22)25)32-14-13-20-17-33-24-8-6-5-7-21(20)24/h5-8,10,12,15-17,25,33H,9,11,13-14H2,1-4H3,(H,32,36)(H,34,35)/t25-/m0/s1. The van der Waals surface area contributed by atoms with Crippen molar-refractivity contribution in [2.45, 2.75) is 32.2 Å². The minimum atomic E-state index is -0.342. The van der Waals surface area contributed by atoms with Crippen LogP contribution in [0.4, 0.5) is 5.69 Å². The van der Waals surface area contributed by atoms with Crippen LogP contribution in [0.2, 0.25) is 0 Å². The van der Waals surface area contributed by atoms with Gasteiger partial charge in [0.15, 0.2) is 11.5 Å². The molecule has 0 unspecified atom stereocenters. The zero-order valence-electron chi connectivity index (χ0n) is 22.6. The molecule has 1 atom stereocenters. The number of fused-ring (bicyclic) bond motifs is 4. The molecule has 8 nitrogen and oxygen atoms in total. The smallest absolute Gasteiger partial charge is 0.217 e. The van der Waals surface area contributed by atoms with Crippen LogP contribution in [-0.2, 0) is 17.6 Å². The molecule has 3 N–H and O–H groups in total. The van der Waals surface area contributed by atoms with Crippen molar-refractivity contribution in [3.05, 3.63) is 81.6 Å². The van der Waals surface area contributed by atoms with Crippen LogP contribution in [0.3, 0.4) is 0 Å². The molecule has 0 saturated heterocycles. The second-order valence-corrected chi connectivity index (χ2v) is 9.63. The van der Waals surface area contributed by atoms with Gasteiger partial charge in [0.05, 0.1) is 33.1 Å². The Bertz CT molecular complexity index is 1590.